The van der Waals surface area contributed by atoms with Gasteiger partial charge in [0, 0.05) is 31.7 Å². The molecule has 0 N–H and O–H groups in total. The quantitative estimate of drug-likeness (QED) is 0.485. The molecule has 0 saturated carbocycles. The number of benzene rings is 2. The Morgan fingerprint density at radius 3 is 2.34 bits per heavy atom. The number of rotatable bonds is 7. The fourth-order valence-corrected chi connectivity index (χ4v) is 3.45. The minimum Gasteiger partial charge on any atom is -0.482 e. The maximum atomic E-state index is 14.4. The molecule has 7 nitrogen and oxygen atoms in total. The number of carbonyl (C=O) groups excluding carboxylic acids is 3. The van der Waals surface area contributed by atoms with Gasteiger partial charge in [0.2, 0.25) is 0 Å². The maximum Gasteiger partial charge on any atom is 0.344 e. The predicted octanol–water partition coefficient (Wildman–Crippen LogP) is 2.92. The molecule has 2 aromatic carbocycles. The minimum atomic E-state index is -0.620. The number of Topliss-reactive ketones (excluding diaryl/α,β-unsaturated/α-hetero) is 1. The second-order valence-electron chi connectivity index (χ2n) is 7.81. The summed E-state index contributed by atoms with van der Waals surface area (Å²) in [5, 5.41) is 0. The summed E-state index contributed by atoms with van der Waals surface area (Å²) in [7, 11) is 0. The first-order valence-corrected chi connectivity index (χ1v) is 10.4. The van der Waals surface area contributed by atoms with Crippen LogP contribution in [-0.2, 0) is 14.3 Å². The van der Waals surface area contributed by atoms with E-state index in [1.165, 1.54) is 13.0 Å². The molecule has 0 unspecified atom stereocenters. The summed E-state index contributed by atoms with van der Waals surface area (Å²) >= 11 is 0. The number of carbonyl (C=O) groups is 3. The van der Waals surface area contributed by atoms with Gasteiger partial charge in [0.15, 0.2) is 19.0 Å². The Labute approximate surface area is 186 Å². The highest BCUT2D eigenvalue weighted by atomic mass is 19.1. The molecule has 1 aliphatic rings. The third kappa shape index (κ3) is 5.84. The summed E-state index contributed by atoms with van der Waals surface area (Å²) in [6.07, 6.45) is 0. The number of halogens is 1. The van der Waals surface area contributed by atoms with Crippen LogP contribution in [0.5, 0.6) is 5.75 Å². The Bertz CT molecular complexity index is 1020. The third-order valence-electron chi connectivity index (χ3n) is 5.37. The van der Waals surface area contributed by atoms with E-state index in [2.05, 4.69) is 0 Å². The normalized spacial score (nSPS) is 13.6. The molecule has 3 rings (SSSR count). The molecule has 0 atom stereocenters. The van der Waals surface area contributed by atoms with Crippen LogP contribution in [0.3, 0.4) is 0 Å². The SMILES string of the molecule is CC(=O)c1ccc(N2CCN(C(=O)COC(=O)COc3cc(C)ccc3C)CC2)c(F)c1. The highest BCUT2D eigenvalue weighted by Gasteiger charge is 2.24. The largest absolute Gasteiger partial charge is 0.482 e. The number of hydrogen-bond donors (Lipinski definition) is 0. The number of aryl methyl sites for hydroxylation is 2. The lowest BCUT2D eigenvalue weighted by atomic mass is 10.1. The zero-order valence-electron chi connectivity index (χ0n) is 18.5. The molecule has 1 aliphatic heterocycles. The third-order valence-corrected chi connectivity index (χ3v) is 5.37. The van der Waals surface area contributed by atoms with Gasteiger partial charge in [-0.15, -0.1) is 0 Å². The smallest absolute Gasteiger partial charge is 0.344 e. The molecule has 0 aliphatic carbocycles. The summed E-state index contributed by atoms with van der Waals surface area (Å²) in [4.78, 5) is 39.1. The standard InChI is InChI=1S/C24H27FN2O5/c1-16-4-5-17(2)22(12-16)31-15-24(30)32-14-23(29)27-10-8-26(9-11-27)21-7-6-19(18(3)28)13-20(21)25/h4-7,12-13H,8-11,14-15H2,1-3H3. The van der Waals surface area contributed by atoms with E-state index in [0.29, 0.717) is 43.2 Å². The van der Waals surface area contributed by atoms with E-state index in [9.17, 15) is 18.8 Å². The fraction of sp³-hybridized carbons (Fsp3) is 0.375. The van der Waals surface area contributed by atoms with Gasteiger partial charge in [0.1, 0.15) is 11.6 Å². The lowest BCUT2D eigenvalue weighted by molar-refractivity contribution is -0.153. The predicted molar refractivity (Wildman–Crippen MR) is 118 cm³/mol. The van der Waals surface area contributed by atoms with Gasteiger partial charge in [0.05, 0.1) is 5.69 Å². The highest BCUT2D eigenvalue weighted by molar-refractivity contribution is 5.94. The second-order valence-corrected chi connectivity index (χ2v) is 7.81. The molecule has 2 aromatic rings. The van der Waals surface area contributed by atoms with Crippen LogP contribution >= 0.6 is 0 Å². The Hall–Kier alpha value is -3.42. The first-order chi connectivity index (χ1) is 15.2. The topological polar surface area (TPSA) is 76.2 Å². The number of ketones is 1. The van der Waals surface area contributed by atoms with Gasteiger partial charge in [0.25, 0.3) is 5.91 Å². The van der Waals surface area contributed by atoms with Crippen molar-refractivity contribution in [2.24, 2.45) is 0 Å². The van der Waals surface area contributed by atoms with Crippen molar-refractivity contribution in [3.8, 4) is 5.75 Å². The molecule has 170 valence electrons. The van der Waals surface area contributed by atoms with Crippen LogP contribution in [0, 0.1) is 19.7 Å². The first-order valence-electron chi connectivity index (χ1n) is 10.4. The van der Waals surface area contributed by atoms with Gasteiger partial charge >= 0.3 is 5.97 Å². The van der Waals surface area contributed by atoms with Crippen LogP contribution in [0.15, 0.2) is 36.4 Å². The van der Waals surface area contributed by atoms with Crippen molar-refractivity contribution >= 4 is 23.3 Å². The molecule has 1 amide bonds. The molecule has 8 heteroatoms. The summed E-state index contributed by atoms with van der Waals surface area (Å²) in [5.41, 5.74) is 2.65. The number of nitrogens with zero attached hydrogens (tertiary/aromatic N) is 2. The Morgan fingerprint density at radius 1 is 0.969 bits per heavy atom. The van der Waals surface area contributed by atoms with E-state index < -0.39 is 11.8 Å². The zero-order chi connectivity index (χ0) is 23.3. The van der Waals surface area contributed by atoms with Crippen LogP contribution in [0.1, 0.15) is 28.4 Å². The first kappa shape index (κ1) is 23.2. The molecule has 1 fully saturated rings. The molecule has 0 radical (unpaired) electrons. The van der Waals surface area contributed by atoms with Crippen molar-refractivity contribution in [2.45, 2.75) is 20.8 Å². The van der Waals surface area contributed by atoms with E-state index in [1.54, 1.807) is 17.0 Å². The summed E-state index contributed by atoms with van der Waals surface area (Å²) < 4.78 is 24.9. The lowest BCUT2D eigenvalue weighted by Gasteiger charge is -2.36. The average Bonchev–Trinajstić information content (AvgIpc) is 2.78. The van der Waals surface area contributed by atoms with E-state index in [0.717, 1.165) is 11.1 Å². The van der Waals surface area contributed by atoms with Crippen molar-refractivity contribution in [1.29, 1.82) is 0 Å². The highest BCUT2D eigenvalue weighted by Crippen LogP contribution is 2.22. The van der Waals surface area contributed by atoms with Crippen molar-refractivity contribution in [1.82, 2.24) is 4.90 Å². The number of esters is 1. The van der Waals surface area contributed by atoms with Crippen LogP contribution in [-0.4, -0.2) is 62.0 Å². The van der Waals surface area contributed by atoms with Crippen LogP contribution in [0.25, 0.3) is 0 Å². The molecular formula is C24H27FN2O5. The van der Waals surface area contributed by atoms with Gasteiger partial charge in [-0.1, -0.05) is 12.1 Å². The van der Waals surface area contributed by atoms with Gasteiger partial charge < -0.3 is 19.3 Å². The van der Waals surface area contributed by atoms with Crippen molar-refractivity contribution in [2.75, 3.05) is 44.3 Å². The van der Waals surface area contributed by atoms with Gasteiger partial charge in [-0.25, -0.2) is 9.18 Å². The van der Waals surface area contributed by atoms with E-state index >= 15 is 0 Å². The number of piperazine rings is 1. The zero-order valence-corrected chi connectivity index (χ0v) is 18.5. The number of anilines is 1. The Morgan fingerprint density at radius 2 is 1.69 bits per heavy atom. The molecule has 1 heterocycles. The fourth-order valence-electron chi connectivity index (χ4n) is 3.45. The van der Waals surface area contributed by atoms with Crippen LogP contribution in [0.4, 0.5) is 10.1 Å². The van der Waals surface area contributed by atoms with Crippen LogP contribution in [0.2, 0.25) is 0 Å². The van der Waals surface area contributed by atoms with Gasteiger partial charge in [-0.05, 0) is 56.2 Å². The number of amides is 1. The van der Waals surface area contributed by atoms with E-state index in [-0.39, 0.29) is 24.9 Å². The monoisotopic (exact) mass is 442 g/mol. The van der Waals surface area contributed by atoms with Crippen molar-refractivity contribution in [3.05, 3.63) is 58.9 Å². The molecule has 32 heavy (non-hydrogen) atoms. The Balaban J connectivity index is 1.44. The minimum absolute atomic E-state index is 0.195. The van der Waals surface area contributed by atoms with Gasteiger partial charge in [-0.3, -0.25) is 9.59 Å². The second kappa shape index (κ2) is 10.3. The summed E-state index contributed by atoms with van der Waals surface area (Å²) in [6, 6.07) is 10.1. The van der Waals surface area contributed by atoms with Crippen molar-refractivity contribution < 1.29 is 28.2 Å². The Kier molecular flexibility index (Phi) is 7.45. The average molecular weight is 442 g/mol. The van der Waals surface area contributed by atoms with Gasteiger partial charge in [-0.2, -0.15) is 0 Å². The van der Waals surface area contributed by atoms with Crippen molar-refractivity contribution in [3.63, 3.8) is 0 Å². The van der Waals surface area contributed by atoms with E-state index in [4.69, 9.17) is 9.47 Å². The number of hydrogen-bond acceptors (Lipinski definition) is 6. The van der Waals surface area contributed by atoms with Crippen LogP contribution < -0.4 is 9.64 Å². The molecule has 0 aromatic heterocycles. The summed E-state index contributed by atoms with van der Waals surface area (Å²) in [5.74, 6) is -0.981. The number of ether oxygens (including phenoxy) is 2. The van der Waals surface area contributed by atoms with E-state index in [1.807, 2.05) is 36.9 Å². The lowest BCUT2D eigenvalue weighted by Crippen LogP contribution is -2.50. The molecule has 0 bridgehead atoms. The maximum absolute atomic E-state index is 14.4. The summed E-state index contributed by atoms with van der Waals surface area (Å²) in [6.45, 7) is 6.19. The molecule has 1 saturated heterocycles. The molecular weight excluding hydrogens is 415 g/mol. The molecule has 0 spiro atoms.